The van der Waals surface area contributed by atoms with E-state index in [1.807, 2.05) is 19.9 Å². The van der Waals surface area contributed by atoms with Crippen LogP contribution in [0.4, 0.5) is 4.39 Å². The van der Waals surface area contributed by atoms with E-state index in [1.165, 1.54) is 37.6 Å². The number of nitrogens with zero attached hydrogens (tertiary/aromatic N) is 3. The number of imidazole rings is 1. The summed E-state index contributed by atoms with van der Waals surface area (Å²) in [7, 11) is -2.20. The lowest BCUT2D eigenvalue weighted by atomic mass is 10.1. The van der Waals surface area contributed by atoms with Crippen LogP contribution >= 0.6 is 0 Å². The second-order valence-electron chi connectivity index (χ2n) is 7.95. The Labute approximate surface area is 193 Å². The molecule has 0 aliphatic carbocycles. The SMILES string of the molecule is COCCn1c(CN(C(=O)c2ccc(F)cc2)C(C)C)cnc1S(=O)(=O)Cc1ccccc1. The molecule has 0 N–H and O–H groups in total. The lowest BCUT2D eigenvalue weighted by molar-refractivity contribution is 0.0684. The molecular formula is C24H28FN3O4S. The molecule has 1 aromatic heterocycles. The molecule has 3 rings (SSSR count). The Bertz CT molecular complexity index is 1180. The molecule has 176 valence electrons. The topological polar surface area (TPSA) is 81.5 Å². The summed E-state index contributed by atoms with van der Waals surface area (Å²) in [6.07, 6.45) is 1.49. The van der Waals surface area contributed by atoms with Gasteiger partial charge in [0.25, 0.3) is 5.91 Å². The summed E-state index contributed by atoms with van der Waals surface area (Å²) in [5.74, 6) is -0.883. The quantitative estimate of drug-likeness (QED) is 0.449. The zero-order chi connectivity index (χ0) is 24.0. The van der Waals surface area contributed by atoms with Gasteiger partial charge in [-0.3, -0.25) is 4.79 Å². The van der Waals surface area contributed by atoms with Gasteiger partial charge in [-0.1, -0.05) is 30.3 Å². The number of rotatable bonds is 10. The highest BCUT2D eigenvalue weighted by Crippen LogP contribution is 2.20. The van der Waals surface area contributed by atoms with Crippen molar-refractivity contribution in [2.45, 2.75) is 43.9 Å². The minimum absolute atomic E-state index is 0.0589. The molecular weight excluding hydrogens is 445 g/mol. The van der Waals surface area contributed by atoms with E-state index in [9.17, 15) is 17.6 Å². The molecule has 0 atom stereocenters. The number of halogens is 1. The van der Waals surface area contributed by atoms with Crippen molar-refractivity contribution in [1.29, 1.82) is 0 Å². The summed E-state index contributed by atoms with van der Waals surface area (Å²) >= 11 is 0. The summed E-state index contributed by atoms with van der Waals surface area (Å²) in [6.45, 7) is 4.43. The van der Waals surface area contributed by atoms with E-state index in [0.717, 1.165) is 0 Å². The number of benzene rings is 2. The highest BCUT2D eigenvalue weighted by molar-refractivity contribution is 7.90. The molecule has 7 nitrogen and oxygen atoms in total. The van der Waals surface area contributed by atoms with E-state index in [4.69, 9.17) is 4.74 Å². The largest absolute Gasteiger partial charge is 0.383 e. The molecule has 2 aromatic carbocycles. The van der Waals surface area contributed by atoms with Crippen LogP contribution in [-0.4, -0.2) is 48.5 Å². The summed E-state index contributed by atoms with van der Waals surface area (Å²) < 4.78 is 46.4. The number of sulfone groups is 1. The third-order valence-corrected chi connectivity index (χ3v) is 6.80. The van der Waals surface area contributed by atoms with Gasteiger partial charge in [0.2, 0.25) is 15.0 Å². The maximum atomic E-state index is 13.3. The minimum Gasteiger partial charge on any atom is -0.383 e. The highest BCUT2D eigenvalue weighted by Gasteiger charge is 2.26. The normalized spacial score (nSPS) is 11.7. The monoisotopic (exact) mass is 473 g/mol. The van der Waals surface area contributed by atoms with Gasteiger partial charge in [-0.05, 0) is 43.7 Å². The van der Waals surface area contributed by atoms with E-state index in [-0.39, 0.29) is 42.6 Å². The molecule has 9 heteroatoms. The van der Waals surface area contributed by atoms with Gasteiger partial charge in [-0.25, -0.2) is 17.8 Å². The third kappa shape index (κ3) is 6.06. The summed E-state index contributed by atoms with van der Waals surface area (Å²) in [4.78, 5) is 18.9. The second-order valence-corrected chi connectivity index (χ2v) is 9.84. The lowest BCUT2D eigenvalue weighted by Gasteiger charge is -2.27. The first-order valence-electron chi connectivity index (χ1n) is 10.6. The van der Waals surface area contributed by atoms with Crippen LogP contribution in [0.15, 0.2) is 66.0 Å². The number of carbonyl (C=O) groups is 1. The van der Waals surface area contributed by atoms with Crippen molar-refractivity contribution < 1.29 is 22.3 Å². The van der Waals surface area contributed by atoms with Gasteiger partial charge in [0.05, 0.1) is 30.8 Å². The first-order valence-corrected chi connectivity index (χ1v) is 12.2. The number of hydrogen-bond acceptors (Lipinski definition) is 5. The molecule has 0 aliphatic rings. The van der Waals surface area contributed by atoms with Crippen LogP contribution < -0.4 is 0 Å². The summed E-state index contributed by atoms with van der Waals surface area (Å²) in [6, 6.07) is 14.1. The van der Waals surface area contributed by atoms with Gasteiger partial charge in [-0.2, -0.15) is 0 Å². The zero-order valence-corrected chi connectivity index (χ0v) is 19.8. The van der Waals surface area contributed by atoms with Crippen molar-refractivity contribution in [3.63, 3.8) is 0 Å². The summed E-state index contributed by atoms with van der Waals surface area (Å²) in [5.41, 5.74) is 1.59. The molecule has 0 bridgehead atoms. The molecule has 0 radical (unpaired) electrons. The van der Waals surface area contributed by atoms with Crippen molar-refractivity contribution in [1.82, 2.24) is 14.5 Å². The summed E-state index contributed by atoms with van der Waals surface area (Å²) in [5, 5.41) is -0.0589. The number of carbonyl (C=O) groups excluding carboxylic acids is 1. The Morgan fingerprint density at radius 3 is 2.39 bits per heavy atom. The molecule has 0 saturated heterocycles. The van der Waals surface area contributed by atoms with Gasteiger partial charge < -0.3 is 14.2 Å². The van der Waals surface area contributed by atoms with Crippen LogP contribution in [0.1, 0.15) is 35.5 Å². The minimum atomic E-state index is -3.74. The fourth-order valence-corrected chi connectivity index (χ4v) is 4.99. The molecule has 3 aromatic rings. The zero-order valence-electron chi connectivity index (χ0n) is 18.9. The number of aromatic nitrogens is 2. The Balaban J connectivity index is 1.93. The van der Waals surface area contributed by atoms with E-state index in [0.29, 0.717) is 16.8 Å². The Kier molecular flexibility index (Phi) is 7.99. The van der Waals surface area contributed by atoms with E-state index in [1.54, 1.807) is 33.7 Å². The Morgan fingerprint density at radius 2 is 1.79 bits per heavy atom. The van der Waals surface area contributed by atoms with Crippen LogP contribution in [0.5, 0.6) is 0 Å². The smallest absolute Gasteiger partial charge is 0.254 e. The van der Waals surface area contributed by atoms with E-state index >= 15 is 0 Å². The van der Waals surface area contributed by atoms with Gasteiger partial charge in [0.15, 0.2) is 0 Å². The van der Waals surface area contributed by atoms with Gasteiger partial charge >= 0.3 is 0 Å². The standard InChI is InChI=1S/C24H28FN3O4S/c1-18(2)28(23(29)20-9-11-21(25)12-10-20)16-22-15-26-24(27(22)13-14-32-3)33(30,31)17-19-7-5-4-6-8-19/h4-12,15,18H,13-14,16-17H2,1-3H3. The lowest BCUT2D eigenvalue weighted by Crippen LogP contribution is -2.37. The van der Waals surface area contributed by atoms with Gasteiger partial charge in [-0.15, -0.1) is 0 Å². The van der Waals surface area contributed by atoms with Crippen LogP contribution in [0, 0.1) is 5.82 Å². The molecule has 0 aliphatic heterocycles. The van der Waals surface area contributed by atoms with Crippen molar-refractivity contribution >= 4 is 15.7 Å². The molecule has 0 spiro atoms. The Morgan fingerprint density at radius 1 is 1.12 bits per heavy atom. The van der Waals surface area contributed by atoms with Crippen molar-refractivity contribution in [2.75, 3.05) is 13.7 Å². The maximum absolute atomic E-state index is 13.3. The third-order valence-electron chi connectivity index (χ3n) is 5.21. The van der Waals surface area contributed by atoms with Crippen LogP contribution in [0.3, 0.4) is 0 Å². The highest BCUT2D eigenvalue weighted by atomic mass is 32.2. The first-order chi connectivity index (χ1) is 15.7. The van der Waals surface area contributed by atoms with E-state index in [2.05, 4.69) is 4.98 Å². The fraction of sp³-hybridized carbons (Fsp3) is 0.333. The van der Waals surface area contributed by atoms with Crippen molar-refractivity contribution in [2.24, 2.45) is 0 Å². The Hall–Kier alpha value is -3.04. The first kappa shape index (κ1) is 24.6. The van der Waals surface area contributed by atoms with Crippen LogP contribution in [0.2, 0.25) is 0 Å². The average Bonchev–Trinajstić information content (AvgIpc) is 3.19. The van der Waals surface area contributed by atoms with Crippen LogP contribution in [-0.2, 0) is 33.4 Å². The fourth-order valence-electron chi connectivity index (χ4n) is 3.47. The maximum Gasteiger partial charge on any atom is 0.254 e. The molecule has 0 unspecified atom stereocenters. The van der Waals surface area contributed by atoms with E-state index < -0.39 is 15.7 Å². The van der Waals surface area contributed by atoms with Crippen LogP contribution in [0.25, 0.3) is 0 Å². The number of amides is 1. The average molecular weight is 474 g/mol. The number of hydrogen-bond donors (Lipinski definition) is 0. The predicted octanol–water partition coefficient (Wildman–Crippen LogP) is 3.69. The number of ether oxygens (including phenoxy) is 1. The molecule has 1 heterocycles. The number of methoxy groups -OCH3 is 1. The predicted molar refractivity (Wildman–Crippen MR) is 123 cm³/mol. The van der Waals surface area contributed by atoms with Gasteiger partial charge in [0, 0.05) is 25.3 Å². The van der Waals surface area contributed by atoms with Crippen molar-refractivity contribution in [3.05, 3.63) is 83.4 Å². The van der Waals surface area contributed by atoms with Crippen molar-refractivity contribution in [3.8, 4) is 0 Å². The molecule has 1 amide bonds. The molecule has 0 fully saturated rings. The molecule has 33 heavy (non-hydrogen) atoms. The van der Waals surface area contributed by atoms with Gasteiger partial charge in [0.1, 0.15) is 5.82 Å². The molecule has 0 saturated carbocycles. The second kappa shape index (κ2) is 10.7.